The van der Waals surface area contributed by atoms with Crippen molar-refractivity contribution in [3.63, 3.8) is 0 Å². The average Bonchev–Trinajstić information content (AvgIpc) is 2.51. The third kappa shape index (κ3) is 1.82. The number of aromatic nitrogens is 3. The summed E-state index contributed by atoms with van der Waals surface area (Å²) in [6.07, 6.45) is 1.55. The number of phenols is 1. The number of hydrogen-bond donors (Lipinski definition) is 2. The number of nitrogens with zero attached hydrogens (tertiary/aromatic N) is 3. The first-order valence-corrected chi connectivity index (χ1v) is 4.17. The van der Waals surface area contributed by atoms with Gasteiger partial charge in [-0.3, -0.25) is 0 Å². The van der Waals surface area contributed by atoms with Crippen molar-refractivity contribution in [2.24, 2.45) is 0 Å². The molecule has 2 rings (SSSR count). The first-order chi connectivity index (χ1) is 6.74. The van der Waals surface area contributed by atoms with Gasteiger partial charge in [-0.15, -0.1) is 5.10 Å². The number of benzene rings is 1. The average molecular weight is 190 g/mol. The van der Waals surface area contributed by atoms with Crippen LogP contribution in [0, 0.1) is 0 Å². The van der Waals surface area contributed by atoms with Crippen molar-refractivity contribution in [2.75, 3.05) is 5.73 Å². The molecule has 0 spiro atoms. The normalized spacial score (nSPS) is 10.3. The zero-order chi connectivity index (χ0) is 9.97. The highest BCUT2D eigenvalue weighted by Gasteiger charge is 1.98. The Hall–Kier alpha value is -2.04. The first-order valence-electron chi connectivity index (χ1n) is 4.17. The lowest BCUT2D eigenvalue weighted by Gasteiger charge is -2.00. The summed E-state index contributed by atoms with van der Waals surface area (Å²) in [5, 5.41) is 13.2. The van der Waals surface area contributed by atoms with Gasteiger partial charge in [-0.2, -0.15) is 0 Å². The number of aromatic hydroxyl groups is 1. The predicted octanol–water partition coefficient (Wildman–Crippen LogP) is 0.614. The Labute approximate surface area is 80.8 Å². The van der Waals surface area contributed by atoms with Gasteiger partial charge in [-0.05, 0) is 17.7 Å². The van der Waals surface area contributed by atoms with E-state index in [-0.39, 0.29) is 11.7 Å². The molecule has 0 aliphatic heterocycles. The predicted molar refractivity (Wildman–Crippen MR) is 51.6 cm³/mol. The number of anilines is 1. The van der Waals surface area contributed by atoms with Crippen LogP contribution in [0.3, 0.4) is 0 Å². The van der Waals surface area contributed by atoms with Crippen LogP contribution in [-0.4, -0.2) is 19.9 Å². The molecule has 0 saturated heterocycles. The van der Waals surface area contributed by atoms with Crippen LogP contribution in [0.15, 0.2) is 30.6 Å². The van der Waals surface area contributed by atoms with Gasteiger partial charge in [0.2, 0.25) is 5.95 Å². The maximum Gasteiger partial charge on any atom is 0.239 e. The maximum atomic E-state index is 9.23. The van der Waals surface area contributed by atoms with Crippen LogP contribution in [-0.2, 0) is 6.54 Å². The molecule has 3 N–H and O–H groups in total. The van der Waals surface area contributed by atoms with E-state index in [9.17, 15) is 5.11 Å². The van der Waals surface area contributed by atoms with Crippen LogP contribution in [0.1, 0.15) is 5.56 Å². The second-order valence-corrected chi connectivity index (χ2v) is 2.97. The van der Waals surface area contributed by atoms with Crippen molar-refractivity contribution < 1.29 is 5.11 Å². The van der Waals surface area contributed by atoms with E-state index in [0.29, 0.717) is 6.54 Å². The van der Waals surface area contributed by atoms with E-state index in [2.05, 4.69) is 10.1 Å². The zero-order valence-corrected chi connectivity index (χ0v) is 7.46. The van der Waals surface area contributed by atoms with Crippen molar-refractivity contribution >= 4 is 5.95 Å². The molecule has 0 radical (unpaired) electrons. The van der Waals surface area contributed by atoms with Gasteiger partial charge in [0.15, 0.2) is 0 Å². The van der Waals surface area contributed by atoms with E-state index < -0.39 is 0 Å². The summed E-state index contributed by atoms with van der Waals surface area (Å²) in [6.45, 7) is 0.554. The molecule has 0 amide bonds. The van der Waals surface area contributed by atoms with E-state index >= 15 is 0 Å². The molecule has 0 aliphatic carbocycles. The van der Waals surface area contributed by atoms with Crippen LogP contribution in [0.4, 0.5) is 5.95 Å². The van der Waals surface area contributed by atoms with Crippen LogP contribution < -0.4 is 5.73 Å². The Kier molecular flexibility index (Phi) is 2.06. The molecule has 1 aromatic carbocycles. The third-order valence-electron chi connectivity index (χ3n) is 1.81. The molecule has 0 bridgehead atoms. The summed E-state index contributed by atoms with van der Waals surface area (Å²) in [6, 6.07) is 6.99. The summed E-state index contributed by atoms with van der Waals surface area (Å²) in [5.74, 6) is 0.501. The number of rotatable bonds is 2. The standard InChI is InChI=1S/C9H10N4O/c10-9-11-6-13(12-9)5-7-2-1-3-8(14)4-7/h1-4,6,14H,5H2,(H2,10,12). The molecule has 0 saturated carbocycles. The molecule has 72 valence electrons. The molecule has 0 atom stereocenters. The quantitative estimate of drug-likeness (QED) is 0.727. The molecular formula is C9H10N4O. The number of phenolic OH excluding ortho intramolecular Hbond substituents is 1. The Balaban J connectivity index is 2.18. The molecular weight excluding hydrogens is 180 g/mol. The molecule has 2 aromatic rings. The fourth-order valence-corrected chi connectivity index (χ4v) is 1.23. The van der Waals surface area contributed by atoms with Gasteiger partial charge in [0.05, 0.1) is 6.54 Å². The molecule has 5 heteroatoms. The van der Waals surface area contributed by atoms with E-state index in [1.165, 1.54) is 0 Å². The molecule has 0 unspecified atom stereocenters. The van der Waals surface area contributed by atoms with Crippen molar-refractivity contribution in [1.29, 1.82) is 0 Å². The fourth-order valence-electron chi connectivity index (χ4n) is 1.23. The maximum absolute atomic E-state index is 9.23. The van der Waals surface area contributed by atoms with Crippen molar-refractivity contribution in [3.8, 4) is 5.75 Å². The highest BCUT2D eigenvalue weighted by Crippen LogP contribution is 2.11. The van der Waals surface area contributed by atoms with E-state index in [0.717, 1.165) is 5.56 Å². The zero-order valence-electron chi connectivity index (χ0n) is 7.46. The van der Waals surface area contributed by atoms with Gasteiger partial charge < -0.3 is 10.8 Å². The smallest absolute Gasteiger partial charge is 0.239 e. The van der Waals surface area contributed by atoms with Crippen LogP contribution in [0.2, 0.25) is 0 Å². The lowest BCUT2D eigenvalue weighted by molar-refractivity contribution is 0.474. The van der Waals surface area contributed by atoms with Gasteiger partial charge in [-0.25, -0.2) is 9.67 Å². The first kappa shape index (κ1) is 8.55. The van der Waals surface area contributed by atoms with Crippen LogP contribution >= 0.6 is 0 Å². The monoisotopic (exact) mass is 190 g/mol. The van der Waals surface area contributed by atoms with E-state index in [1.54, 1.807) is 29.2 Å². The highest BCUT2D eigenvalue weighted by molar-refractivity contribution is 5.27. The minimum absolute atomic E-state index is 0.246. The van der Waals surface area contributed by atoms with Crippen molar-refractivity contribution in [3.05, 3.63) is 36.2 Å². The lowest BCUT2D eigenvalue weighted by Crippen LogP contribution is -2.00. The Morgan fingerprint density at radius 1 is 1.43 bits per heavy atom. The number of hydrogen-bond acceptors (Lipinski definition) is 4. The van der Waals surface area contributed by atoms with Crippen LogP contribution in [0.25, 0.3) is 0 Å². The minimum atomic E-state index is 0.246. The number of nitrogen functional groups attached to an aromatic ring is 1. The van der Waals surface area contributed by atoms with Gasteiger partial charge in [0.25, 0.3) is 0 Å². The second-order valence-electron chi connectivity index (χ2n) is 2.97. The largest absolute Gasteiger partial charge is 0.508 e. The molecule has 1 aromatic heterocycles. The molecule has 14 heavy (non-hydrogen) atoms. The summed E-state index contributed by atoms with van der Waals surface area (Å²) >= 11 is 0. The molecule has 0 aliphatic rings. The summed E-state index contributed by atoms with van der Waals surface area (Å²) in [7, 11) is 0. The minimum Gasteiger partial charge on any atom is -0.508 e. The molecule has 0 fully saturated rings. The Morgan fingerprint density at radius 3 is 2.93 bits per heavy atom. The van der Waals surface area contributed by atoms with Crippen molar-refractivity contribution in [2.45, 2.75) is 6.54 Å². The molecule has 5 nitrogen and oxygen atoms in total. The highest BCUT2D eigenvalue weighted by atomic mass is 16.3. The Morgan fingerprint density at radius 2 is 2.29 bits per heavy atom. The molecule has 1 heterocycles. The lowest BCUT2D eigenvalue weighted by atomic mass is 10.2. The number of nitrogens with two attached hydrogens (primary N) is 1. The van der Waals surface area contributed by atoms with E-state index in [4.69, 9.17) is 5.73 Å². The van der Waals surface area contributed by atoms with Crippen molar-refractivity contribution in [1.82, 2.24) is 14.8 Å². The van der Waals surface area contributed by atoms with Gasteiger partial charge in [0, 0.05) is 0 Å². The fraction of sp³-hybridized carbons (Fsp3) is 0.111. The second kappa shape index (κ2) is 3.37. The van der Waals surface area contributed by atoms with Crippen LogP contribution in [0.5, 0.6) is 5.75 Å². The van der Waals surface area contributed by atoms with Gasteiger partial charge in [0.1, 0.15) is 12.1 Å². The van der Waals surface area contributed by atoms with E-state index in [1.807, 2.05) is 6.07 Å². The summed E-state index contributed by atoms with van der Waals surface area (Å²) < 4.78 is 1.62. The van der Waals surface area contributed by atoms with Gasteiger partial charge in [-0.1, -0.05) is 12.1 Å². The summed E-state index contributed by atoms with van der Waals surface area (Å²) in [4.78, 5) is 3.80. The summed E-state index contributed by atoms with van der Waals surface area (Å²) in [5.41, 5.74) is 6.32. The topological polar surface area (TPSA) is 77.0 Å². The third-order valence-corrected chi connectivity index (χ3v) is 1.81. The SMILES string of the molecule is Nc1ncn(Cc2cccc(O)c2)n1. The Bertz CT molecular complexity index is 438. The van der Waals surface area contributed by atoms with Gasteiger partial charge >= 0.3 is 0 Å².